The summed E-state index contributed by atoms with van der Waals surface area (Å²) in [5, 5.41) is 13.2. The van der Waals surface area contributed by atoms with E-state index in [1.165, 1.54) is 0 Å². The second-order valence-corrected chi connectivity index (χ2v) is 4.52. The minimum atomic E-state index is -0.842. The summed E-state index contributed by atoms with van der Waals surface area (Å²) in [6.45, 7) is 1.58. The Bertz CT molecular complexity index is 390. The lowest BCUT2D eigenvalue weighted by molar-refractivity contribution is -0.135. The van der Waals surface area contributed by atoms with Gasteiger partial charge in [0.1, 0.15) is 12.1 Å². The minimum absolute atomic E-state index is 0.0284. The third-order valence-electron chi connectivity index (χ3n) is 3.36. The molecule has 5 nitrogen and oxygen atoms in total. The first-order chi connectivity index (χ1) is 8.74. The van der Waals surface area contributed by atoms with Gasteiger partial charge in [0.15, 0.2) is 0 Å². The summed E-state index contributed by atoms with van der Waals surface area (Å²) in [5.41, 5.74) is 0.705. The Morgan fingerprint density at radius 3 is 2.56 bits per heavy atom. The molecule has 0 aliphatic carbocycles. The first-order valence-electron chi connectivity index (χ1n) is 6.28. The maximum atomic E-state index is 12.3. The molecule has 0 saturated carbocycles. The zero-order valence-corrected chi connectivity index (χ0v) is 10.5. The molecule has 0 bridgehead atoms. The summed E-state index contributed by atoms with van der Waals surface area (Å²) in [7, 11) is 1.70. The van der Waals surface area contributed by atoms with Crippen molar-refractivity contribution in [2.45, 2.75) is 25.0 Å². The second-order valence-electron chi connectivity index (χ2n) is 4.52. The lowest BCUT2D eigenvalue weighted by atomic mass is 10.0. The molecule has 18 heavy (non-hydrogen) atoms. The summed E-state index contributed by atoms with van der Waals surface area (Å²) in [6.07, 6.45) is 4.49. The summed E-state index contributed by atoms with van der Waals surface area (Å²) in [4.78, 5) is 18.0. The van der Waals surface area contributed by atoms with E-state index in [-0.39, 0.29) is 5.91 Å². The van der Waals surface area contributed by atoms with Gasteiger partial charge in [-0.05, 0) is 37.6 Å². The van der Waals surface area contributed by atoms with Crippen LogP contribution in [0.1, 0.15) is 24.5 Å². The molecular formula is C13H19N3O2. The first kappa shape index (κ1) is 13.0. The third-order valence-corrected chi connectivity index (χ3v) is 3.36. The van der Waals surface area contributed by atoms with Crippen molar-refractivity contribution in [3.05, 3.63) is 30.1 Å². The van der Waals surface area contributed by atoms with Crippen LogP contribution in [0, 0.1) is 0 Å². The molecule has 1 aliphatic rings. The van der Waals surface area contributed by atoms with Crippen molar-refractivity contribution in [3.8, 4) is 0 Å². The van der Waals surface area contributed by atoms with E-state index in [4.69, 9.17) is 0 Å². The standard InChI is InChI=1S/C13H19N3O2/c1-14-11(13(18)16-8-2-3-9-16)12(17)10-4-6-15-7-5-10/h4-7,11-12,14,17H,2-3,8-9H2,1H3/t11-,12+/m1/s1. The van der Waals surface area contributed by atoms with E-state index < -0.39 is 12.1 Å². The van der Waals surface area contributed by atoms with E-state index >= 15 is 0 Å². The van der Waals surface area contributed by atoms with Crippen molar-refractivity contribution in [3.63, 3.8) is 0 Å². The van der Waals surface area contributed by atoms with Crippen LogP contribution in [0.3, 0.4) is 0 Å². The van der Waals surface area contributed by atoms with Crippen LogP contribution in [0.25, 0.3) is 0 Å². The Labute approximate surface area is 107 Å². The topological polar surface area (TPSA) is 65.5 Å². The summed E-state index contributed by atoms with van der Waals surface area (Å²) >= 11 is 0. The molecule has 1 amide bonds. The number of hydrogen-bond acceptors (Lipinski definition) is 4. The first-order valence-corrected chi connectivity index (χ1v) is 6.28. The normalized spacial score (nSPS) is 18.7. The van der Waals surface area contributed by atoms with Crippen molar-refractivity contribution in [1.29, 1.82) is 0 Å². The van der Waals surface area contributed by atoms with Crippen LogP contribution in [-0.2, 0) is 4.79 Å². The average molecular weight is 249 g/mol. The van der Waals surface area contributed by atoms with Gasteiger partial charge in [-0.2, -0.15) is 0 Å². The number of likely N-dealkylation sites (N-methyl/N-ethyl adjacent to an activating group) is 1. The van der Waals surface area contributed by atoms with Gasteiger partial charge in [-0.3, -0.25) is 9.78 Å². The second kappa shape index (κ2) is 5.93. The van der Waals surface area contributed by atoms with Crippen molar-refractivity contribution < 1.29 is 9.90 Å². The molecular weight excluding hydrogens is 230 g/mol. The maximum Gasteiger partial charge on any atom is 0.242 e. The molecule has 0 radical (unpaired) electrons. The fourth-order valence-corrected chi connectivity index (χ4v) is 2.30. The van der Waals surface area contributed by atoms with E-state index in [0.29, 0.717) is 5.56 Å². The molecule has 0 spiro atoms. The highest BCUT2D eigenvalue weighted by Crippen LogP contribution is 2.19. The number of rotatable bonds is 4. The summed E-state index contributed by atoms with van der Waals surface area (Å²) in [5.74, 6) is -0.0284. The van der Waals surface area contributed by atoms with Crippen molar-refractivity contribution >= 4 is 5.91 Å². The van der Waals surface area contributed by atoms with E-state index in [1.54, 1.807) is 31.6 Å². The highest BCUT2D eigenvalue weighted by atomic mass is 16.3. The number of amides is 1. The number of hydrogen-bond donors (Lipinski definition) is 2. The summed E-state index contributed by atoms with van der Waals surface area (Å²) < 4.78 is 0. The van der Waals surface area contributed by atoms with E-state index in [0.717, 1.165) is 25.9 Å². The highest BCUT2D eigenvalue weighted by Gasteiger charge is 2.31. The largest absolute Gasteiger partial charge is 0.386 e. The molecule has 2 N–H and O–H groups in total. The highest BCUT2D eigenvalue weighted by molar-refractivity contribution is 5.83. The van der Waals surface area contributed by atoms with Crippen molar-refractivity contribution in [1.82, 2.24) is 15.2 Å². The van der Waals surface area contributed by atoms with Gasteiger partial charge in [0.2, 0.25) is 5.91 Å². The Kier molecular flexibility index (Phi) is 4.28. The Morgan fingerprint density at radius 2 is 2.00 bits per heavy atom. The minimum Gasteiger partial charge on any atom is -0.386 e. The smallest absolute Gasteiger partial charge is 0.242 e. The predicted molar refractivity (Wildman–Crippen MR) is 67.9 cm³/mol. The fourth-order valence-electron chi connectivity index (χ4n) is 2.30. The quantitative estimate of drug-likeness (QED) is 0.807. The van der Waals surface area contributed by atoms with Gasteiger partial charge < -0.3 is 15.3 Å². The van der Waals surface area contributed by atoms with Crippen LogP contribution >= 0.6 is 0 Å². The van der Waals surface area contributed by atoms with Crippen molar-refractivity contribution in [2.75, 3.05) is 20.1 Å². The van der Waals surface area contributed by atoms with Gasteiger partial charge in [0.25, 0.3) is 0 Å². The fraction of sp³-hybridized carbons (Fsp3) is 0.538. The number of carbonyl (C=O) groups excluding carboxylic acids is 1. The number of nitrogens with zero attached hydrogens (tertiary/aromatic N) is 2. The Morgan fingerprint density at radius 1 is 1.39 bits per heavy atom. The van der Waals surface area contributed by atoms with Crippen LogP contribution in [-0.4, -0.2) is 47.1 Å². The number of pyridine rings is 1. The van der Waals surface area contributed by atoms with E-state index in [2.05, 4.69) is 10.3 Å². The zero-order chi connectivity index (χ0) is 13.0. The molecule has 2 rings (SSSR count). The lowest BCUT2D eigenvalue weighted by Crippen LogP contribution is -2.47. The molecule has 1 aromatic rings. The third kappa shape index (κ3) is 2.68. The lowest BCUT2D eigenvalue weighted by Gasteiger charge is -2.26. The average Bonchev–Trinajstić information content (AvgIpc) is 2.94. The SMILES string of the molecule is CN[C@@H](C(=O)N1CCCC1)[C@@H](O)c1ccncc1. The van der Waals surface area contributed by atoms with Gasteiger partial charge in [0, 0.05) is 25.5 Å². The van der Waals surface area contributed by atoms with E-state index in [9.17, 15) is 9.90 Å². The van der Waals surface area contributed by atoms with Crippen LogP contribution in [0.15, 0.2) is 24.5 Å². The molecule has 5 heteroatoms. The number of aliphatic hydroxyl groups excluding tert-OH is 1. The van der Waals surface area contributed by atoms with Gasteiger partial charge in [-0.15, -0.1) is 0 Å². The Hall–Kier alpha value is -1.46. The number of likely N-dealkylation sites (tertiary alicyclic amines) is 1. The molecule has 1 aliphatic heterocycles. The van der Waals surface area contributed by atoms with Crippen LogP contribution in [0.2, 0.25) is 0 Å². The van der Waals surface area contributed by atoms with Gasteiger partial charge in [-0.25, -0.2) is 0 Å². The zero-order valence-electron chi connectivity index (χ0n) is 10.5. The van der Waals surface area contributed by atoms with Crippen LogP contribution in [0.4, 0.5) is 0 Å². The number of aliphatic hydroxyl groups is 1. The number of carbonyl (C=O) groups is 1. The molecule has 1 fully saturated rings. The molecule has 98 valence electrons. The monoisotopic (exact) mass is 249 g/mol. The maximum absolute atomic E-state index is 12.3. The van der Waals surface area contributed by atoms with Crippen LogP contribution in [0.5, 0.6) is 0 Å². The molecule has 2 heterocycles. The summed E-state index contributed by atoms with van der Waals surface area (Å²) in [6, 6.07) is 2.86. The van der Waals surface area contributed by atoms with Gasteiger partial charge >= 0.3 is 0 Å². The Balaban J connectivity index is 2.10. The molecule has 0 unspecified atom stereocenters. The van der Waals surface area contributed by atoms with Crippen molar-refractivity contribution in [2.24, 2.45) is 0 Å². The molecule has 1 aromatic heterocycles. The molecule has 2 atom stereocenters. The molecule has 0 aromatic carbocycles. The van der Waals surface area contributed by atoms with Crippen LogP contribution < -0.4 is 5.32 Å². The number of aromatic nitrogens is 1. The van der Waals surface area contributed by atoms with Gasteiger partial charge in [-0.1, -0.05) is 0 Å². The predicted octanol–water partition coefficient (Wildman–Crippen LogP) is 0.325. The van der Waals surface area contributed by atoms with Gasteiger partial charge in [0.05, 0.1) is 0 Å². The number of nitrogens with one attached hydrogen (secondary N) is 1. The van der Waals surface area contributed by atoms with E-state index in [1.807, 2.05) is 4.90 Å². The molecule has 1 saturated heterocycles.